The van der Waals surface area contributed by atoms with E-state index < -0.39 is 0 Å². The molecule has 0 spiro atoms. The van der Waals surface area contributed by atoms with Crippen LogP contribution in [0, 0.1) is 5.92 Å². The molecule has 1 saturated carbocycles. The summed E-state index contributed by atoms with van der Waals surface area (Å²) in [6, 6.07) is 0. The summed E-state index contributed by atoms with van der Waals surface area (Å²) >= 11 is 0. The van der Waals surface area contributed by atoms with E-state index in [4.69, 9.17) is 0 Å². The SMILES string of the molecule is c1c[nH]c(CCNCC2CCC2)n1. The van der Waals surface area contributed by atoms with E-state index >= 15 is 0 Å². The average Bonchev–Trinajstić information content (AvgIpc) is 2.53. The Morgan fingerprint density at radius 1 is 1.54 bits per heavy atom. The number of H-pyrrole nitrogens is 1. The molecule has 0 radical (unpaired) electrons. The third kappa shape index (κ3) is 2.56. The van der Waals surface area contributed by atoms with Crippen LogP contribution in [0.25, 0.3) is 0 Å². The van der Waals surface area contributed by atoms with Gasteiger partial charge in [-0.25, -0.2) is 4.98 Å². The van der Waals surface area contributed by atoms with Gasteiger partial charge < -0.3 is 10.3 Å². The highest BCUT2D eigenvalue weighted by Gasteiger charge is 2.15. The Hall–Kier alpha value is -0.830. The molecule has 0 atom stereocenters. The summed E-state index contributed by atoms with van der Waals surface area (Å²) in [6.45, 7) is 2.24. The zero-order valence-electron chi connectivity index (χ0n) is 7.92. The molecule has 0 aromatic carbocycles. The summed E-state index contributed by atoms with van der Waals surface area (Å²) in [5, 5.41) is 3.47. The van der Waals surface area contributed by atoms with Crippen molar-refractivity contribution in [1.82, 2.24) is 15.3 Å². The lowest BCUT2D eigenvalue weighted by Gasteiger charge is -2.25. The molecule has 1 aromatic heterocycles. The fraction of sp³-hybridized carbons (Fsp3) is 0.700. The molecular weight excluding hydrogens is 162 g/mol. The van der Waals surface area contributed by atoms with Crippen molar-refractivity contribution in [2.45, 2.75) is 25.7 Å². The van der Waals surface area contributed by atoms with Gasteiger partial charge in [-0.3, -0.25) is 0 Å². The topological polar surface area (TPSA) is 40.7 Å². The summed E-state index contributed by atoms with van der Waals surface area (Å²) in [7, 11) is 0. The van der Waals surface area contributed by atoms with E-state index in [1.807, 2.05) is 6.20 Å². The molecule has 1 aliphatic rings. The van der Waals surface area contributed by atoms with Gasteiger partial charge in [0.05, 0.1) is 0 Å². The van der Waals surface area contributed by atoms with E-state index in [2.05, 4.69) is 15.3 Å². The first-order valence-corrected chi connectivity index (χ1v) is 5.14. The van der Waals surface area contributed by atoms with Gasteiger partial charge in [0.25, 0.3) is 0 Å². The highest BCUT2D eigenvalue weighted by Crippen LogP contribution is 2.24. The zero-order chi connectivity index (χ0) is 8.93. The molecule has 1 heterocycles. The van der Waals surface area contributed by atoms with E-state index in [1.165, 1.54) is 25.8 Å². The Labute approximate surface area is 79.0 Å². The van der Waals surface area contributed by atoms with Crippen molar-refractivity contribution in [1.29, 1.82) is 0 Å². The van der Waals surface area contributed by atoms with Gasteiger partial charge in [-0.15, -0.1) is 0 Å². The predicted octanol–water partition coefficient (Wildman–Crippen LogP) is 1.34. The van der Waals surface area contributed by atoms with Gasteiger partial charge in [0.2, 0.25) is 0 Å². The molecule has 13 heavy (non-hydrogen) atoms. The summed E-state index contributed by atoms with van der Waals surface area (Å²) < 4.78 is 0. The number of nitrogens with zero attached hydrogens (tertiary/aromatic N) is 1. The van der Waals surface area contributed by atoms with E-state index in [1.54, 1.807) is 6.20 Å². The van der Waals surface area contributed by atoms with E-state index in [0.29, 0.717) is 0 Å². The zero-order valence-corrected chi connectivity index (χ0v) is 7.92. The predicted molar refractivity (Wildman–Crippen MR) is 52.5 cm³/mol. The number of imidazole rings is 1. The summed E-state index contributed by atoms with van der Waals surface area (Å²) in [5.74, 6) is 2.04. The van der Waals surface area contributed by atoms with Gasteiger partial charge in [0.15, 0.2) is 0 Å². The van der Waals surface area contributed by atoms with Crippen LogP contribution in [0.2, 0.25) is 0 Å². The van der Waals surface area contributed by atoms with E-state index in [9.17, 15) is 0 Å². The molecule has 2 rings (SSSR count). The first-order chi connectivity index (χ1) is 6.45. The third-order valence-electron chi connectivity index (χ3n) is 2.75. The van der Waals surface area contributed by atoms with Crippen molar-refractivity contribution in [2.75, 3.05) is 13.1 Å². The maximum absolute atomic E-state index is 4.17. The first-order valence-electron chi connectivity index (χ1n) is 5.14. The molecule has 0 saturated heterocycles. The van der Waals surface area contributed by atoms with Crippen LogP contribution >= 0.6 is 0 Å². The van der Waals surface area contributed by atoms with E-state index in [0.717, 1.165) is 24.7 Å². The number of rotatable bonds is 5. The Balaban J connectivity index is 1.53. The van der Waals surface area contributed by atoms with Crippen molar-refractivity contribution in [3.05, 3.63) is 18.2 Å². The number of nitrogens with one attached hydrogen (secondary N) is 2. The molecule has 0 aliphatic heterocycles. The van der Waals surface area contributed by atoms with Gasteiger partial charge >= 0.3 is 0 Å². The van der Waals surface area contributed by atoms with Crippen LogP contribution in [0.15, 0.2) is 12.4 Å². The summed E-state index contributed by atoms with van der Waals surface area (Å²) in [6.07, 6.45) is 8.98. The molecule has 1 aromatic rings. The Morgan fingerprint density at radius 3 is 3.08 bits per heavy atom. The second kappa shape index (κ2) is 4.42. The van der Waals surface area contributed by atoms with Crippen LogP contribution in [0.5, 0.6) is 0 Å². The normalized spacial score (nSPS) is 17.2. The third-order valence-corrected chi connectivity index (χ3v) is 2.75. The van der Waals surface area contributed by atoms with Crippen LogP contribution in [-0.2, 0) is 6.42 Å². The molecule has 1 aliphatic carbocycles. The maximum atomic E-state index is 4.17. The summed E-state index contributed by atoms with van der Waals surface area (Å²) in [5.41, 5.74) is 0. The molecule has 2 N–H and O–H groups in total. The number of hydrogen-bond acceptors (Lipinski definition) is 2. The van der Waals surface area contributed by atoms with Crippen molar-refractivity contribution in [3.8, 4) is 0 Å². The summed E-state index contributed by atoms with van der Waals surface area (Å²) in [4.78, 5) is 7.27. The largest absolute Gasteiger partial charge is 0.349 e. The van der Waals surface area contributed by atoms with Gasteiger partial charge in [0, 0.05) is 25.4 Å². The molecule has 3 nitrogen and oxygen atoms in total. The van der Waals surface area contributed by atoms with Crippen LogP contribution in [-0.4, -0.2) is 23.1 Å². The lowest BCUT2D eigenvalue weighted by atomic mass is 9.85. The van der Waals surface area contributed by atoms with Crippen molar-refractivity contribution in [2.24, 2.45) is 5.92 Å². The van der Waals surface area contributed by atoms with Gasteiger partial charge in [0.1, 0.15) is 5.82 Å². The number of aromatic amines is 1. The molecular formula is C10H17N3. The monoisotopic (exact) mass is 179 g/mol. The van der Waals surface area contributed by atoms with Crippen LogP contribution in [0.3, 0.4) is 0 Å². The van der Waals surface area contributed by atoms with Gasteiger partial charge in [-0.1, -0.05) is 6.42 Å². The quantitative estimate of drug-likeness (QED) is 0.670. The standard InChI is InChI=1S/C10H17N3/c1-2-9(3-1)8-11-5-4-10-12-6-7-13-10/h6-7,9,11H,1-5,8H2,(H,12,13). The maximum Gasteiger partial charge on any atom is 0.107 e. The van der Waals surface area contributed by atoms with Crippen LogP contribution in [0.4, 0.5) is 0 Å². The molecule has 0 unspecified atom stereocenters. The molecule has 1 fully saturated rings. The molecule has 0 bridgehead atoms. The Bertz CT molecular complexity index is 226. The van der Waals surface area contributed by atoms with Gasteiger partial charge in [-0.2, -0.15) is 0 Å². The second-order valence-electron chi connectivity index (χ2n) is 3.79. The molecule has 72 valence electrons. The van der Waals surface area contributed by atoms with E-state index in [-0.39, 0.29) is 0 Å². The molecule has 3 heteroatoms. The van der Waals surface area contributed by atoms with Crippen molar-refractivity contribution >= 4 is 0 Å². The smallest absolute Gasteiger partial charge is 0.107 e. The van der Waals surface area contributed by atoms with Crippen LogP contribution in [0.1, 0.15) is 25.1 Å². The highest BCUT2D eigenvalue weighted by atomic mass is 14.9. The highest BCUT2D eigenvalue weighted by molar-refractivity contribution is 4.87. The minimum Gasteiger partial charge on any atom is -0.349 e. The minimum absolute atomic E-state index is 0.955. The van der Waals surface area contributed by atoms with Crippen LogP contribution < -0.4 is 5.32 Å². The minimum atomic E-state index is 0.955. The van der Waals surface area contributed by atoms with Crippen molar-refractivity contribution in [3.63, 3.8) is 0 Å². The number of hydrogen-bond donors (Lipinski definition) is 2. The molecule has 0 amide bonds. The fourth-order valence-corrected chi connectivity index (χ4v) is 1.64. The van der Waals surface area contributed by atoms with Gasteiger partial charge in [-0.05, 0) is 25.3 Å². The fourth-order valence-electron chi connectivity index (χ4n) is 1.64. The number of aromatic nitrogens is 2. The lowest BCUT2D eigenvalue weighted by Crippen LogP contribution is -2.28. The Morgan fingerprint density at radius 2 is 2.46 bits per heavy atom. The first kappa shape index (κ1) is 8.75. The lowest BCUT2D eigenvalue weighted by molar-refractivity contribution is 0.302. The Kier molecular flexibility index (Phi) is 2.98. The second-order valence-corrected chi connectivity index (χ2v) is 3.79. The van der Waals surface area contributed by atoms with Crippen molar-refractivity contribution < 1.29 is 0 Å². The average molecular weight is 179 g/mol.